The maximum absolute atomic E-state index is 3.19. The number of hydrogen-bond acceptors (Lipinski definition) is 3. The van der Waals surface area contributed by atoms with Crippen LogP contribution in [0, 0.1) is 0 Å². The SMILES string of the molecule is CC1(C)c2ccccc2-c2cc(N(c3ccccc3)c3cccc([Si](c4ccccc4)(c4ccccc4)c4ccccc4N(c4ccccc4)c4ccc5sc6ccccc6c5c4)c3)ccc21. The molecule has 320 valence electrons. The van der Waals surface area contributed by atoms with Gasteiger partial charge in [-0.1, -0.05) is 190 Å². The number of thiophene rings is 1. The van der Waals surface area contributed by atoms with Crippen molar-refractivity contribution < 1.29 is 0 Å². The van der Waals surface area contributed by atoms with Crippen LogP contribution in [0.25, 0.3) is 31.3 Å². The van der Waals surface area contributed by atoms with Crippen LogP contribution in [0.4, 0.5) is 34.1 Å². The number of fused-ring (bicyclic) bond motifs is 6. The van der Waals surface area contributed by atoms with Crippen LogP contribution < -0.4 is 30.5 Å². The molecule has 0 fully saturated rings. The summed E-state index contributed by atoms with van der Waals surface area (Å²) in [6.07, 6.45) is 0. The molecule has 0 unspecified atom stereocenters. The molecule has 0 N–H and O–H groups in total. The zero-order chi connectivity index (χ0) is 45.0. The molecular formula is C63H48N2SSi. The summed E-state index contributed by atoms with van der Waals surface area (Å²) in [7, 11) is -3.19. The number of nitrogens with zero attached hydrogens (tertiary/aromatic N) is 2. The van der Waals surface area contributed by atoms with E-state index in [1.54, 1.807) is 0 Å². The van der Waals surface area contributed by atoms with Crippen molar-refractivity contribution in [3.05, 3.63) is 266 Å². The largest absolute Gasteiger partial charge is 0.311 e. The van der Waals surface area contributed by atoms with Gasteiger partial charge < -0.3 is 9.80 Å². The van der Waals surface area contributed by atoms with Crippen LogP contribution in [0.2, 0.25) is 0 Å². The van der Waals surface area contributed by atoms with Gasteiger partial charge in [0.2, 0.25) is 0 Å². The van der Waals surface area contributed by atoms with Gasteiger partial charge in [0.15, 0.2) is 8.07 Å². The first kappa shape index (κ1) is 40.7. The fourth-order valence-corrected chi connectivity index (χ4v) is 17.0. The van der Waals surface area contributed by atoms with Gasteiger partial charge >= 0.3 is 0 Å². The Kier molecular flexibility index (Phi) is 10.1. The number of para-hydroxylation sites is 3. The summed E-state index contributed by atoms with van der Waals surface area (Å²) in [5.74, 6) is 0. The van der Waals surface area contributed by atoms with Crippen molar-refractivity contribution >= 4 is 94.5 Å². The maximum atomic E-state index is 2.50. The molecule has 0 saturated heterocycles. The van der Waals surface area contributed by atoms with Gasteiger partial charge in [0, 0.05) is 59.7 Å². The molecule has 0 amide bonds. The molecule has 0 radical (unpaired) electrons. The first-order chi connectivity index (χ1) is 33.0. The molecule has 4 heteroatoms. The molecule has 1 heterocycles. The van der Waals surface area contributed by atoms with Crippen molar-refractivity contribution in [2.24, 2.45) is 0 Å². The lowest BCUT2D eigenvalue weighted by atomic mass is 9.82. The fourth-order valence-electron chi connectivity index (χ4n) is 10.9. The topological polar surface area (TPSA) is 6.48 Å². The Hall–Kier alpha value is -7.76. The van der Waals surface area contributed by atoms with E-state index in [-0.39, 0.29) is 5.41 Å². The molecule has 0 aliphatic heterocycles. The third-order valence-corrected chi connectivity index (χ3v) is 19.9. The highest BCUT2D eigenvalue weighted by Gasteiger charge is 2.44. The second-order valence-corrected chi connectivity index (χ2v) is 22.9. The second kappa shape index (κ2) is 16.6. The quantitative estimate of drug-likeness (QED) is 0.0997. The lowest BCUT2D eigenvalue weighted by molar-refractivity contribution is 0.660. The Morgan fingerprint density at radius 2 is 0.851 bits per heavy atom. The molecular weight excluding hydrogens is 845 g/mol. The van der Waals surface area contributed by atoms with Crippen LogP contribution >= 0.6 is 11.3 Å². The van der Waals surface area contributed by atoms with Gasteiger partial charge in [0.25, 0.3) is 0 Å². The Morgan fingerprint density at radius 1 is 0.343 bits per heavy atom. The summed E-state index contributed by atoms with van der Waals surface area (Å²) in [4.78, 5) is 4.95. The monoisotopic (exact) mass is 892 g/mol. The summed E-state index contributed by atoms with van der Waals surface area (Å²) in [5, 5.41) is 7.82. The van der Waals surface area contributed by atoms with Gasteiger partial charge in [0.05, 0.1) is 0 Å². The molecule has 67 heavy (non-hydrogen) atoms. The normalized spacial score (nSPS) is 12.7. The third kappa shape index (κ3) is 6.75. The summed E-state index contributed by atoms with van der Waals surface area (Å²) in [6.45, 7) is 4.71. The van der Waals surface area contributed by atoms with Crippen LogP contribution in [-0.2, 0) is 5.41 Å². The van der Waals surface area contributed by atoms with E-state index in [1.807, 2.05) is 11.3 Å². The minimum Gasteiger partial charge on any atom is -0.311 e. The third-order valence-electron chi connectivity index (χ3n) is 14.0. The first-order valence-electron chi connectivity index (χ1n) is 23.2. The van der Waals surface area contributed by atoms with Crippen LogP contribution in [0.5, 0.6) is 0 Å². The standard InChI is InChI=1S/C63H48N2SSi/c1-63(2)57-34-17-15-32-53(57)55-43-48(38-40-58(55)63)64(45-22-7-3-8-23-45)47-26-21-31-52(42-47)67(50-27-11-5-12-28-50,51-29-13-6-14-30-51)62-37-20-18-35-59(62)65(46-24-9-4-10-25-46)49-39-41-61-56(44-49)54-33-16-19-36-60(54)66-61/h3-44H,1-2H3. The van der Waals surface area contributed by atoms with E-state index in [1.165, 1.54) is 63.2 Å². The minimum atomic E-state index is -3.19. The Balaban J connectivity index is 1.12. The molecule has 12 rings (SSSR count). The molecule has 0 saturated carbocycles. The zero-order valence-electron chi connectivity index (χ0n) is 37.6. The Bertz CT molecular complexity index is 3530. The van der Waals surface area contributed by atoms with Gasteiger partial charge in [-0.15, -0.1) is 11.3 Å². The number of rotatable bonds is 10. The van der Waals surface area contributed by atoms with E-state index >= 15 is 0 Å². The van der Waals surface area contributed by atoms with Gasteiger partial charge in [-0.3, -0.25) is 0 Å². The molecule has 0 spiro atoms. The summed E-state index contributed by atoms with van der Waals surface area (Å²) in [6, 6.07) is 95.0. The number of benzene rings is 10. The Morgan fingerprint density at radius 3 is 1.58 bits per heavy atom. The van der Waals surface area contributed by atoms with Crippen molar-refractivity contribution in [3.8, 4) is 11.1 Å². The van der Waals surface area contributed by atoms with E-state index < -0.39 is 8.07 Å². The average Bonchev–Trinajstić information content (AvgIpc) is 3.87. The van der Waals surface area contributed by atoms with Crippen molar-refractivity contribution in [1.29, 1.82) is 0 Å². The van der Waals surface area contributed by atoms with Crippen molar-refractivity contribution in [3.63, 3.8) is 0 Å². The van der Waals surface area contributed by atoms with E-state index in [0.717, 1.165) is 34.1 Å². The lowest BCUT2D eigenvalue weighted by Gasteiger charge is -2.39. The van der Waals surface area contributed by atoms with Gasteiger partial charge in [-0.25, -0.2) is 0 Å². The molecule has 0 bridgehead atoms. The minimum absolute atomic E-state index is 0.0806. The molecule has 11 aromatic rings. The number of anilines is 6. The summed E-state index contributed by atoms with van der Waals surface area (Å²) in [5.41, 5.74) is 12.1. The lowest BCUT2D eigenvalue weighted by Crippen LogP contribution is -2.75. The van der Waals surface area contributed by atoms with Gasteiger partial charge in [-0.2, -0.15) is 0 Å². The molecule has 10 aromatic carbocycles. The predicted molar refractivity (Wildman–Crippen MR) is 290 cm³/mol. The van der Waals surface area contributed by atoms with E-state index in [4.69, 9.17) is 0 Å². The fraction of sp³-hybridized carbons (Fsp3) is 0.0476. The summed E-state index contributed by atoms with van der Waals surface area (Å²) >= 11 is 1.86. The number of hydrogen-bond donors (Lipinski definition) is 0. The van der Waals surface area contributed by atoms with E-state index in [2.05, 4.69) is 278 Å². The van der Waals surface area contributed by atoms with Crippen molar-refractivity contribution in [2.75, 3.05) is 9.80 Å². The van der Waals surface area contributed by atoms with E-state index in [9.17, 15) is 0 Å². The van der Waals surface area contributed by atoms with Crippen LogP contribution in [0.3, 0.4) is 0 Å². The van der Waals surface area contributed by atoms with Crippen LogP contribution in [-0.4, -0.2) is 8.07 Å². The predicted octanol–water partition coefficient (Wildman–Crippen LogP) is 14.7. The second-order valence-electron chi connectivity index (χ2n) is 18.1. The first-order valence-corrected chi connectivity index (χ1v) is 26.0. The van der Waals surface area contributed by atoms with Crippen molar-refractivity contribution in [2.45, 2.75) is 19.3 Å². The van der Waals surface area contributed by atoms with Gasteiger partial charge in [0.1, 0.15) is 0 Å². The maximum Gasteiger partial charge on any atom is 0.181 e. The van der Waals surface area contributed by atoms with Crippen LogP contribution in [0.15, 0.2) is 255 Å². The highest BCUT2D eigenvalue weighted by Crippen LogP contribution is 2.50. The Labute approximate surface area is 398 Å². The smallest absolute Gasteiger partial charge is 0.181 e. The van der Waals surface area contributed by atoms with Crippen LogP contribution in [0.1, 0.15) is 25.0 Å². The van der Waals surface area contributed by atoms with Gasteiger partial charge in [-0.05, 0) is 122 Å². The average molecular weight is 893 g/mol. The summed E-state index contributed by atoms with van der Waals surface area (Å²) < 4.78 is 2.60. The highest BCUT2D eigenvalue weighted by molar-refractivity contribution is 7.25. The molecule has 1 aliphatic rings. The molecule has 1 aromatic heterocycles. The molecule has 1 aliphatic carbocycles. The molecule has 2 nitrogen and oxygen atoms in total. The highest BCUT2D eigenvalue weighted by atomic mass is 32.1. The molecule has 0 atom stereocenters. The van der Waals surface area contributed by atoms with E-state index in [0.29, 0.717) is 0 Å². The zero-order valence-corrected chi connectivity index (χ0v) is 39.4. The van der Waals surface area contributed by atoms with Crippen molar-refractivity contribution in [1.82, 2.24) is 0 Å².